The van der Waals surface area contributed by atoms with Crippen LogP contribution in [-0.4, -0.2) is 27.8 Å². The first-order chi connectivity index (χ1) is 9.10. The molecule has 1 saturated heterocycles. The molecule has 0 radical (unpaired) electrons. The van der Waals surface area contributed by atoms with Gasteiger partial charge in [0.15, 0.2) is 5.75 Å². The van der Waals surface area contributed by atoms with E-state index in [9.17, 15) is 15.2 Å². The lowest BCUT2D eigenvalue weighted by atomic mass is 10.0. The van der Waals surface area contributed by atoms with Crippen molar-refractivity contribution < 1.29 is 10.0 Å². The standard InChI is InChI=1S/C12H16N2O3P2/c15-12-4-3-9(7-11(12)14(16)17)6-10-2-1-5-13(8-10)19-18/h3-4,6-7,15,19H,1-2,5,8,18H2/b10-6+. The zero-order chi connectivity index (χ0) is 13.8. The largest absolute Gasteiger partial charge is 0.502 e. The number of phenolic OH excluding ortho intramolecular Hbond substituents is 1. The van der Waals surface area contributed by atoms with Crippen LogP contribution in [-0.2, 0) is 0 Å². The third kappa shape index (κ3) is 3.73. The summed E-state index contributed by atoms with van der Waals surface area (Å²) in [4.78, 5) is 10.2. The molecule has 0 amide bonds. The lowest BCUT2D eigenvalue weighted by molar-refractivity contribution is -0.385. The predicted octanol–water partition coefficient (Wildman–Crippen LogP) is 3.16. The van der Waals surface area contributed by atoms with Gasteiger partial charge in [-0.25, -0.2) is 0 Å². The summed E-state index contributed by atoms with van der Waals surface area (Å²) in [5, 5.41) is 20.2. The van der Waals surface area contributed by atoms with Gasteiger partial charge in [0.25, 0.3) is 0 Å². The molecule has 0 spiro atoms. The van der Waals surface area contributed by atoms with Gasteiger partial charge < -0.3 is 5.11 Å². The van der Waals surface area contributed by atoms with Crippen LogP contribution in [0.1, 0.15) is 18.4 Å². The van der Waals surface area contributed by atoms with Crippen LogP contribution in [0.4, 0.5) is 5.69 Å². The van der Waals surface area contributed by atoms with Gasteiger partial charge in [0.1, 0.15) is 0 Å². The van der Waals surface area contributed by atoms with Gasteiger partial charge >= 0.3 is 5.69 Å². The summed E-state index contributed by atoms with van der Waals surface area (Å²) in [5.41, 5.74) is 1.81. The van der Waals surface area contributed by atoms with E-state index in [4.69, 9.17) is 0 Å². The summed E-state index contributed by atoms with van der Waals surface area (Å²) in [6.07, 6.45) is 4.14. The van der Waals surface area contributed by atoms with Crippen LogP contribution in [0.15, 0.2) is 23.8 Å². The van der Waals surface area contributed by atoms with Crippen LogP contribution in [0, 0.1) is 10.1 Å². The molecule has 1 aliphatic rings. The van der Waals surface area contributed by atoms with Crippen LogP contribution in [0.5, 0.6) is 5.75 Å². The fraction of sp³-hybridized carbons (Fsp3) is 0.333. The van der Waals surface area contributed by atoms with Crippen LogP contribution >= 0.6 is 17.3 Å². The van der Waals surface area contributed by atoms with Gasteiger partial charge in [0.05, 0.1) is 4.92 Å². The molecular formula is C12H16N2O3P2. The Labute approximate surface area is 115 Å². The fourth-order valence-corrected chi connectivity index (χ4v) is 3.38. The van der Waals surface area contributed by atoms with Gasteiger partial charge in [-0.2, -0.15) is 0 Å². The Kier molecular flexibility index (Phi) is 4.87. The minimum absolute atomic E-state index is 0.241. The highest BCUT2D eigenvalue weighted by molar-refractivity contribution is 8.01. The number of nitro benzene ring substituents is 1. The molecule has 1 aliphatic heterocycles. The average Bonchev–Trinajstić information content (AvgIpc) is 2.41. The van der Waals surface area contributed by atoms with E-state index in [2.05, 4.69) is 13.6 Å². The summed E-state index contributed by atoms with van der Waals surface area (Å²) in [7, 11) is 3.45. The molecule has 7 heteroatoms. The number of nitrogens with zero attached hydrogens (tertiary/aromatic N) is 2. The van der Waals surface area contributed by atoms with Crippen molar-refractivity contribution in [3.8, 4) is 5.75 Å². The monoisotopic (exact) mass is 298 g/mol. The molecule has 0 saturated carbocycles. The van der Waals surface area contributed by atoms with Crippen molar-refractivity contribution in [1.29, 1.82) is 0 Å². The Morgan fingerprint density at radius 3 is 3.00 bits per heavy atom. The first-order valence-electron chi connectivity index (χ1n) is 5.98. The van der Waals surface area contributed by atoms with Crippen LogP contribution in [0.3, 0.4) is 0 Å². The van der Waals surface area contributed by atoms with E-state index in [1.54, 1.807) is 6.07 Å². The maximum absolute atomic E-state index is 10.8. The second-order valence-corrected chi connectivity index (χ2v) is 6.13. The second kappa shape index (κ2) is 6.42. The summed E-state index contributed by atoms with van der Waals surface area (Å²) < 4.78 is 2.34. The molecule has 19 heavy (non-hydrogen) atoms. The van der Waals surface area contributed by atoms with E-state index in [0.29, 0.717) is 8.42 Å². The topological polar surface area (TPSA) is 66.6 Å². The molecule has 102 valence electrons. The van der Waals surface area contributed by atoms with E-state index in [1.807, 2.05) is 6.08 Å². The van der Waals surface area contributed by atoms with Crippen molar-refractivity contribution >= 4 is 29.1 Å². The highest BCUT2D eigenvalue weighted by Crippen LogP contribution is 2.33. The van der Waals surface area contributed by atoms with Crippen LogP contribution in [0.2, 0.25) is 0 Å². The summed E-state index contributed by atoms with van der Waals surface area (Å²) >= 11 is 0. The minimum Gasteiger partial charge on any atom is -0.502 e. The number of aromatic hydroxyl groups is 1. The Balaban J connectivity index is 2.22. The van der Waals surface area contributed by atoms with Gasteiger partial charge in [-0.15, -0.1) is 0 Å². The van der Waals surface area contributed by atoms with E-state index in [-0.39, 0.29) is 11.4 Å². The van der Waals surface area contributed by atoms with Gasteiger partial charge in [-0.05, 0) is 32.9 Å². The number of rotatable bonds is 3. The lowest BCUT2D eigenvalue weighted by Gasteiger charge is -2.26. The number of nitro groups is 1. The number of phenols is 1. The van der Waals surface area contributed by atoms with E-state index in [0.717, 1.165) is 31.5 Å². The molecule has 1 N–H and O–H groups in total. The molecule has 5 nitrogen and oxygen atoms in total. The van der Waals surface area contributed by atoms with E-state index < -0.39 is 4.92 Å². The quantitative estimate of drug-likeness (QED) is 0.529. The molecule has 2 atom stereocenters. The number of hydrogen-bond acceptors (Lipinski definition) is 4. The minimum atomic E-state index is -0.561. The summed E-state index contributed by atoms with van der Waals surface area (Å²) in [6.45, 7) is 2.02. The molecule has 0 aromatic heterocycles. The lowest BCUT2D eigenvalue weighted by Crippen LogP contribution is -2.22. The van der Waals surface area contributed by atoms with Crippen molar-refractivity contribution in [2.75, 3.05) is 13.1 Å². The molecule has 0 bridgehead atoms. The molecule has 2 rings (SSSR count). The molecule has 2 unspecified atom stereocenters. The maximum atomic E-state index is 10.8. The van der Waals surface area contributed by atoms with Crippen molar-refractivity contribution in [2.45, 2.75) is 12.8 Å². The van der Waals surface area contributed by atoms with Crippen molar-refractivity contribution in [3.63, 3.8) is 0 Å². The van der Waals surface area contributed by atoms with Crippen molar-refractivity contribution in [3.05, 3.63) is 39.4 Å². The molecular weight excluding hydrogens is 282 g/mol. The fourth-order valence-electron chi connectivity index (χ4n) is 2.14. The number of hydrogen-bond donors (Lipinski definition) is 1. The second-order valence-electron chi connectivity index (χ2n) is 4.46. The van der Waals surface area contributed by atoms with Gasteiger partial charge in [-0.3, -0.25) is 14.8 Å². The molecule has 1 aromatic rings. The third-order valence-electron chi connectivity index (χ3n) is 3.07. The third-order valence-corrected chi connectivity index (χ3v) is 4.91. The molecule has 1 aromatic carbocycles. The smallest absolute Gasteiger partial charge is 0.311 e. The number of piperidine rings is 1. The van der Waals surface area contributed by atoms with E-state index >= 15 is 0 Å². The van der Waals surface area contributed by atoms with Gasteiger partial charge in [0, 0.05) is 19.2 Å². The summed E-state index contributed by atoms with van der Waals surface area (Å²) in [5.74, 6) is -0.288. The first kappa shape index (κ1) is 14.4. The van der Waals surface area contributed by atoms with Gasteiger partial charge in [0.2, 0.25) is 0 Å². The molecule has 1 heterocycles. The normalized spacial score (nSPS) is 19.3. The van der Waals surface area contributed by atoms with Gasteiger partial charge in [-0.1, -0.05) is 26.6 Å². The van der Waals surface area contributed by atoms with Crippen LogP contribution < -0.4 is 0 Å². The first-order valence-corrected chi connectivity index (χ1v) is 8.74. The predicted molar refractivity (Wildman–Crippen MR) is 81.6 cm³/mol. The number of benzene rings is 1. The summed E-state index contributed by atoms with van der Waals surface area (Å²) in [6, 6.07) is 4.50. The van der Waals surface area contributed by atoms with Crippen molar-refractivity contribution in [2.24, 2.45) is 0 Å². The average molecular weight is 298 g/mol. The van der Waals surface area contributed by atoms with Crippen LogP contribution in [0.25, 0.3) is 6.08 Å². The van der Waals surface area contributed by atoms with E-state index in [1.165, 1.54) is 17.7 Å². The maximum Gasteiger partial charge on any atom is 0.311 e. The zero-order valence-corrected chi connectivity index (χ0v) is 12.5. The Morgan fingerprint density at radius 1 is 1.53 bits per heavy atom. The Hall–Kier alpha value is -1.02. The zero-order valence-electron chi connectivity index (χ0n) is 10.4. The molecule has 0 aliphatic carbocycles. The Morgan fingerprint density at radius 2 is 2.32 bits per heavy atom. The Bertz CT molecular complexity index is 520. The molecule has 1 fully saturated rings. The van der Waals surface area contributed by atoms with Crippen molar-refractivity contribution in [1.82, 2.24) is 4.67 Å². The SMILES string of the molecule is O=[N+]([O-])c1cc(/C=C2\CCCN(PP)C2)ccc1O. The highest BCUT2D eigenvalue weighted by Gasteiger charge is 2.15. The highest BCUT2D eigenvalue weighted by atomic mass is 32.0.